The van der Waals surface area contributed by atoms with E-state index in [0.717, 1.165) is 42.9 Å². The SMILES string of the molecule is Cc1c(CSC2CCOCC2)cccc1[N+](=O)[O-]. The molecule has 0 N–H and O–H groups in total. The van der Waals surface area contributed by atoms with E-state index in [1.165, 1.54) is 0 Å². The van der Waals surface area contributed by atoms with Gasteiger partial charge in [0.2, 0.25) is 0 Å². The Balaban J connectivity index is 2.00. The number of thioether (sulfide) groups is 1. The minimum atomic E-state index is -0.308. The van der Waals surface area contributed by atoms with Crippen molar-refractivity contribution in [2.24, 2.45) is 0 Å². The molecule has 0 saturated carbocycles. The summed E-state index contributed by atoms with van der Waals surface area (Å²) in [7, 11) is 0. The van der Waals surface area contributed by atoms with Gasteiger partial charge in [0.1, 0.15) is 0 Å². The molecular weight excluding hydrogens is 250 g/mol. The van der Waals surface area contributed by atoms with Crippen molar-refractivity contribution in [3.05, 3.63) is 39.4 Å². The lowest BCUT2D eigenvalue weighted by atomic mass is 10.1. The van der Waals surface area contributed by atoms with E-state index in [1.54, 1.807) is 12.1 Å². The average molecular weight is 267 g/mol. The van der Waals surface area contributed by atoms with Crippen molar-refractivity contribution in [1.29, 1.82) is 0 Å². The lowest BCUT2D eigenvalue weighted by Crippen LogP contribution is -2.17. The fraction of sp³-hybridized carbons (Fsp3) is 0.538. The second-order valence-electron chi connectivity index (χ2n) is 4.44. The first-order chi connectivity index (χ1) is 8.68. The van der Waals surface area contributed by atoms with Gasteiger partial charge in [0.15, 0.2) is 0 Å². The molecule has 0 aromatic heterocycles. The molecule has 1 aromatic rings. The normalized spacial score (nSPS) is 16.7. The molecule has 18 heavy (non-hydrogen) atoms. The zero-order chi connectivity index (χ0) is 13.0. The molecule has 0 atom stereocenters. The van der Waals surface area contributed by atoms with Crippen molar-refractivity contribution in [2.75, 3.05) is 13.2 Å². The molecule has 2 rings (SSSR count). The Labute approximate surface area is 111 Å². The van der Waals surface area contributed by atoms with Crippen LogP contribution in [0.15, 0.2) is 18.2 Å². The van der Waals surface area contributed by atoms with Crippen molar-refractivity contribution in [2.45, 2.75) is 30.8 Å². The molecule has 5 heteroatoms. The molecule has 0 radical (unpaired) electrons. The summed E-state index contributed by atoms with van der Waals surface area (Å²) in [5.41, 5.74) is 2.09. The van der Waals surface area contributed by atoms with Crippen LogP contribution in [0.4, 0.5) is 5.69 Å². The van der Waals surface area contributed by atoms with Crippen LogP contribution in [0, 0.1) is 17.0 Å². The smallest absolute Gasteiger partial charge is 0.272 e. The monoisotopic (exact) mass is 267 g/mol. The summed E-state index contributed by atoms with van der Waals surface area (Å²) in [5, 5.41) is 11.5. The van der Waals surface area contributed by atoms with Crippen molar-refractivity contribution in [3.63, 3.8) is 0 Å². The Hall–Kier alpha value is -1.07. The lowest BCUT2D eigenvalue weighted by Gasteiger charge is -2.21. The molecule has 0 bridgehead atoms. The summed E-state index contributed by atoms with van der Waals surface area (Å²) >= 11 is 1.88. The molecule has 0 amide bonds. The average Bonchev–Trinajstić information content (AvgIpc) is 2.38. The summed E-state index contributed by atoms with van der Waals surface area (Å²) < 4.78 is 5.32. The summed E-state index contributed by atoms with van der Waals surface area (Å²) in [5.74, 6) is 0.845. The number of nitro groups is 1. The Morgan fingerprint density at radius 2 is 2.17 bits per heavy atom. The van der Waals surface area contributed by atoms with E-state index in [4.69, 9.17) is 4.74 Å². The van der Waals surface area contributed by atoms with Gasteiger partial charge in [0.25, 0.3) is 5.69 Å². The first-order valence-corrected chi connectivity index (χ1v) is 7.15. The summed E-state index contributed by atoms with van der Waals surface area (Å²) in [4.78, 5) is 10.6. The molecule has 1 aliphatic rings. The highest BCUT2D eigenvalue weighted by Crippen LogP contribution is 2.29. The topological polar surface area (TPSA) is 52.4 Å². The van der Waals surface area contributed by atoms with E-state index in [9.17, 15) is 10.1 Å². The Morgan fingerprint density at radius 1 is 1.44 bits per heavy atom. The van der Waals surface area contributed by atoms with E-state index in [2.05, 4.69) is 0 Å². The van der Waals surface area contributed by atoms with Gasteiger partial charge in [-0.3, -0.25) is 10.1 Å². The molecule has 1 fully saturated rings. The zero-order valence-electron chi connectivity index (χ0n) is 10.4. The number of ether oxygens (including phenoxy) is 1. The van der Waals surface area contributed by atoms with Crippen LogP contribution in [-0.4, -0.2) is 23.4 Å². The van der Waals surface area contributed by atoms with Gasteiger partial charge in [0.05, 0.1) is 4.92 Å². The van der Waals surface area contributed by atoms with Gasteiger partial charge < -0.3 is 4.74 Å². The minimum absolute atomic E-state index is 0.222. The van der Waals surface area contributed by atoms with Crippen LogP contribution in [-0.2, 0) is 10.5 Å². The predicted octanol–water partition coefficient (Wildman–Crippen LogP) is 3.32. The molecule has 98 valence electrons. The molecule has 0 spiro atoms. The highest BCUT2D eigenvalue weighted by molar-refractivity contribution is 7.99. The van der Waals surface area contributed by atoms with E-state index in [-0.39, 0.29) is 10.6 Å². The van der Waals surface area contributed by atoms with Crippen LogP contribution in [0.5, 0.6) is 0 Å². The largest absolute Gasteiger partial charge is 0.381 e. The predicted molar refractivity (Wildman–Crippen MR) is 73.0 cm³/mol. The second-order valence-corrected chi connectivity index (χ2v) is 5.73. The van der Waals surface area contributed by atoms with Crippen LogP contribution in [0.3, 0.4) is 0 Å². The molecule has 1 aromatic carbocycles. The van der Waals surface area contributed by atoms with Crippen molar-refractivity contribution < 1.29 is 9.66 Å². The third-order valence-electron chi connectivity index (χ3n) is 3.26. The number of benzene rings is 1. The standard InChI is InChI=1S/C13H17NO3S/c1-10-11(3-2-4-13(10)14(15)16)9-18-12-5-7-17-8-6-12/h2-4,12H,5-9H2,1H3. The van der Waals surface area contributed by atoms with Gasteiger partial charge in [-0.15, -0.1) is 0 Å². The number of hydrogen-bond acceptors (Lipinski definition) is 4. The molecule has 4 nitrogen and oxygen atoms in total. The van der Waals surface area contributed by atoms with E-state index < -0.39 is 0 Å². The summed E-state index contributed by atoms with van der Waals surface area (Å²) in [6.07, 6.45) is 2.16. The van der Waals surface area contributed by atoms with Crippen molar-refractivity contribution in [1.82, 2.24) is 0 Å². The summed E-state index contributed by atoms with van der Waals surface area (Å²) in [6.45, 7) is 3.51. The first-order valence-electron chi connectivity index (χ1n) is 6.10. The van der Waals surface area contributed by atoms with Crippen LogP contribution in [0.1, 0.15) is 24.0 Å². The number of rotatable bonds is 4. The third-order valence-corrected chi connectivity index (χ3v) is 4.68. The molecule has 1 saturated heterocycles. The van der Waals surface area contributed by atoms with Gasteiger partial charge in [-0.25, -0.2) is 0 Å². The maximum atomic E-state index is 10.9. The van der Waals surface area contributed by atoms with Crippen LogP contribution >= 0.6 is 11.8 Å². The maximum absolute atomic E-state index is 10.9. The number of nitro benzene ring substituents is 1. The van der Waals surface area contributed by atoms with Crippen LogP contribution in [0.25, 0.3) is 0 Å². The van der Waals surface area contributed by atoms with Crippen molar-refractivity contribution in [3.8, 4) is 0 Å². The number of nitrogens with zero attached hydrogens (tertiary/aromatic N) is 1. The lowest BCUT2D eigenvalue weighted by molar-refractivity contribution is -0.385. The molecular formula is C13H17NO3S. The first kappa shape index (κ1) is 13.4. The molecule has 1 aliphatic heterocycles. The van der Waals surface area contributed by atoms with Crippen LogP contribution in [0.2, 0.25) is 0 Å². The van der Waals surface area contributed by atoms with Gasteiger partial charge in [-0.2, -0.15) is 11.8 Å². The van der Waals surface area contributed by atoms with Crippen LogP contribution < -0.4 is 0 Å². The van der Waals surface area contributed by atoms with Gasteiger partial charge >= 0.3 is 0 Å². The van der Waals surface area contributed by atoms with E-state index in [1.807, 2.05) is 24.8 Å². The maximum Gasteiger partial charge on any atom is 0.272 e. The fourth-order valence-corrected chi connectivity index (χ4v) is 3.33. The fourth-order valence-electron chi connectivity index (χ4n) is 2.07. The van der Waals surface area contributed by atoms with E-state index >= 15 is 0 Å². The van der Waals surface area contributed by atoms with Crippen molar-refractivity contribution >= 4 is 17.4 Å². The van der Waals surface area contributed by atoms with Gasteiger partial charge in [-0.05, 0) is 25.3 Å². The molecule has 1 heterocycles. The summed E-state index contributed by atoms with van der Waals surface area (Å²) in [6, 6.07) is 5.32. The Morgan fingerprint density at radius 3 is 2.83 bits per heavy atom. The van der Waals surface area contributed by atoms with E-state index in [0.29, 0.717) is 5.25 Å². The second kappa shape index (κ2) is 6.20. The minimum Gasteiger partial charge on any atom is -0.381 e. The number of hydrogen-bond donors (Lipinski definition) is 0. The molecule has 0 unspecified atom stereocenters. The Bertz CT molecular complexity index is 430. The Kier molecular flexibility index (Phi) is 4.60. The third kappa shape index (κ3) is 3.23. The highest BCUT2D eigenvalue weighted by atomic mass is 32.2. The highest BCUT2D eigenvalue weighted by Gasteiger charge is 2.17. The van der Waals surface area contributed by atoms with Gasteiger partial charge in [0, 0.05) is 35.8 Å². The van der Waals surface area contributed by atoms with Gasteiger partial charge in [-0.1, -0.05) is 12.1 Å². The molecule has 0 aliphatic carbocycles. The zero-order valence-corrected chi connectivity index (χ0v) is 11.2. The quantitative estimate of drug-likeness (QED) is 0.620.